The number of hydrogen-bond acceptors (Lipinski definition) is 5. The first-order chi connectivity index (χ1) is 12.7. The Kier molecular flexibility index (Phi) is 3.50. The quantitative estimate of drug-likeness (QED) is 0.697. The van der Waals surface area contributed by atoms with Gasteiger partial charge in [-0.3, -0.25) is 0 Å². The van der Waals surface area contributed by atoms with E-state index in [0.717, 1.165) is 40.1 Å². The number of thiophene rings is 1. The van der Waals surface area contributed by atoms with E-state index in [1.807, 2.05) is 42.3 Å². The number of fused-ring (bicyclic) bond motifs is 3. The largest absolute Gasteiger partial charge is 0.507 e. The van der Waals surface area contributed by atoms with Crippen molar-refractivity contribution in [2.45, 2.75) is 25.6 Å². The minimum atomic E-state index is -0.245. The summed E-state index contributed by atoms with van der Waals surface area (Å²) in [6, 6.07) is 16.0. The highest BCUT2D eigenvalue weighted by Gasteiger charge is 2.41. The van der Waals surface area contributed by atoms with Crippen molar-refractivity contribution in [1.82, 2.24) is 5.01 Å². The van der Waals surface area contributed by atoms with Gasteiger partial charge in [0.25, 0.3) is 0 Å². The lowest BCUT2D eigenvalue weighted by Gasteiger charge is -2.37. The summed E-state index contributed by atoms with van der Waals surface area (Å²) in [6.07, 6.45) is 0.503. The second kappa shape index (κ2) is 5.88. The maximum absolute atomic E-state index is 10.3. The molecule has 2 aliphatic rings. The van der Waals surface area contributed by atoms with E-state index in [4.69, 9.17) is 9.84 Å². The number of nitrogens with zero attached hydrogens (tertiary/aromatic N) is 2. The zero-order valence-electron chi connectivity index (χ0n) is 14.3. The average molecular weight is 362 g/mol. The summed E-state index contributed by atoms with van der Waals surface area (Å²) in [4.78, 5) is 0. The van der Waals surface area contributed by atoms with Gasteiger partial charge in [-0.15, -0.1) is 0 Å². The molecule has 5 rings (SSSR count). The van der Waals surface area contributed by atoms with Crippen LogP contribution in [0.2, 0.25) is 0 Å². The zero-order chi connectivity index (χ0) is 17.7. The van der Waals surface area contributed by atoms with Crippen molar-refractivity contribution in [2.24, 2.45) is 5.10 Å². The fourth-order valence-corrected chi connectivity index (χ4v) is 4.38. The summed E-state index contributed by atoms with van der Waals surface area (Å²) < 4.78 is 6.29. The topological polar surface area (TPSA) is 45.1 Å². The third-order valence-corrected chi connectivity index (χ3v) is 5.69. The highest BCUT2D eigenvalue weighted by molar-refractivity contribution is 7.07. The van der Waals surface area contributed by atoms with E-state index in [-0.39, 0.29) is 18.0 Å². The number of hydrazone groups is 1. The molecule has 0 saturated heterocycles. The van der Waals surface area contributed by atoms with Gasteiger partial charge in [0.2, 0.25) is 6.23 Å². The molecule has 2 atom stereocenters. The number of para-hydroxylation sites is 1. The predicted molar refractivity (Wildman–Crippen MR) is 103 cm³/mol. The van der Waals surface area contributed by atoms with Crippen LogP contribution in [0.5, 0.6) is 11.5 Å². The van der Waals surface area contributed by atoms with Gasteiger partial charge in [-0.05, 0) is 41.9 Å². The van der Waals surface area contributed by atoms with Crippen LogP contribution in [0, 0.1) is 6.92 Å². The van der Waals surface area contributed by atoms with Crippen molar-refractivity contribution in [3.8, 4) is 11.5 Å². The third kappa shape index (κ3) is 2.39. The first-order valence-electron chi connectivity index (χ1n) is 8.64. The smallest absolute Gasteiger partial charge is 0.214 e. The molecular weight excluding hydrogens is 344 g/mol. The fourth-order valence-electron chi connectivity index (χ4n) is 3.71. The molecule has 0 aliphatic carbocycles. The van der Waals surface area contributed by atoms with E-state index >= 15 is 0 Å². The number of phenols is 1. The molecule has 0 spiro atoms. The Balaban J connectivity index is 1.62. The maximum Gasteiger partial charge on any atom is 0.214 e. The highest BCUT2D eigenvalue weighted by atomic mass is 32.1. The van der Waals surface area contributed by atoms with Crippen LogP contribution in [0.4, 0.5) is 0 Å². The van der Waals surface area contributed by atoms with Gasteiger partial charge in [-0.2, -0.15) is 16.4 Å². The van der Waals surface area contributed by atoms with Crippen molar-refractivity contribution >= 4 is 17.0 Å². The first kappa shape index (κ1) is 15.5. The van der Waals surface area contributed by atoms with Gasteiger partial charge in [-0.1, -0.05) is 29.8 Å². The van der Waals surface area contributed by atoms with Gasteiger partial charge < -0.3 is 9.84 Å². The van der Waals surface area contributed by atoms with E-state index in [2.05, 4.69) is 22.9 Å². The first-order valence-corrected chi connectivity index (χ1v) is 9.58. The normalized spacial score (nSPS) is 21.0. The molecule has 2 aromatic carbocycles. The highest BCUT2D eigenvalue weighted by Crippen LogP contribution is 2.48. The molecule has 2 aliphatic heterocycles. The number of benzene rings is 2. The number of hydrogen-bond donors (Lipinski definition) is 1. The summed E-state index contributed by atoms with van der Waals surface area (Å²) in [7, 11) is 0. The molecule has 0 saturated carbocycles. The Hall–Kier alpha value is -2.79. The van der Waals surface area contributed by atoms with Crippen LogP contribution in [0.1, 0.15) is 40.9 Å². The van der Waals surface area contributed by atoms with Gasteiger partial charge in [0.15, 0.2) is 0 Å². The van der Waals surface area contributed by atoms with Crippen molar-refractivity contribution in [1.29, 1.82) is 0 Å². The molecule has 1 N–H and O–H groups in total. The second-order valence-electron chi connectivity index (χ2n) is 6.73. The van der Waals surface area contributed by atoms with Crippen LogP contribution < -0.4 is 4.74 Å². The van der Waals surface area contributed by atoms with Gasteiger partial charge in [-0.25, -0.2) is 5.01 Å². The minimum Gasteiger partial charge on any atom is -0.507 e. The van der Waals surface area contributed by atoms with E-state index in [1.54, 1.807) is 17.4 Å². The van der Waals surface area contributed by atoms with Gasteiger partial charge in [0, 0.05) is 23.1 Å². The molecule has 3 heterocycles. The Labute approximate surface area is 156 Å². The van der Waals surface area contributed by atoms with Crippen molar-refractivity contribution in [3.63, 3.8) is 0 Å². The van der Waals surface area contributed by atoms with Gasteiger partial charge in [0.05, 0.1) is 11.8 Å². The number of ether oxygens (including phenoxy) is 1. The van der Waals surface area contributed by atoms with E-state index in [1.165, 1.54) is 0 Å². The fraction of sp³-hybridized carbons (Fsp3) is 0.190. The van der Waals surface area contributed by atoms with Crippen LogP contribution in [-0.2, 0) is 0 Å². The summed E-state index contributed by atoms with van der Waals surface area (Å²) in [5.74, 6) is 1.19. The van der Waals surface area contributed by atoms with E-state index < -0.39 is 0 Å². The lowest BCUT2D eigenvalue weighted by atomic mass is 9.95. The molecule has 0 radical (unpaired) electrons. The van der Waals surface area contributed by atoms with Crippen molar-refractivity contribution in [2.75, 3.05) is 0 Å². The average Bonchev–Trinajstić information content (AvgIpc) is 3.33. The van der Waals surface area contributed by atoms with Crippen molar-refractivity contribution < 1.29 is 9.84 Å². The zero-order valence-corrected chi connectivity index (χ0v) is 15.1. The molecule has 0 unspecified atom stereocenters. The molecule has 3 aromatic rings. The standard InChI is InChI=1S/C21H18N2O2S/c1-13-6-7-19(24)16(10-13)17-11-18-15-4-2-3-5-20(15)25-21(23(18)22-17)14-8-9-26-12-14/h2-10,12,18,21,24H,11H2,1H3/t18-,21-/m0/s1. The molecule has 0 amide bonds. The Morgan fingerprint density at radius 3 is 2.92 bits per heavy atom. The number of rotatable bonds is 2. The number of phenolic OH excluding ortho intramolecular Hbond substituents is 1. The molecule has 1 aromatic heterocycles. The van der Waals surface area contributed by atoms with Crippen LogP contribution in [0.3, 0.4) is 0 Å². The van der Waals surface area contributed by atoms with Crippen LogP contribution in [-0.4, -0.2) is 15.8 Å². The van der Waals surface area contributed by atoms with Gasteiger partial charge >= 0.3 is 0 Å². The van der Waals surface area contributed by atoms with Crippen LogP contribution >= 0.6 is 11.3 Å². The molecule has 0 fully saturated rings. The Morgan fingerprint density at radius 1 is 1.19 bits per heavy atom. The van der Waals surface area contributed by atoms with Crippen molar-refractivity contribution in [3.05, 3.63) is 81.5 Å². The Bertz CT molecular complexity index is 997. The monoisotopic (exact) mass is 362 g/mol. The molecule has 5 heteroatoms. The molecule has 130 valence electrons. The van der Waals surface area contributed by atoms with Crippen LogP contribution in [0.25, 0.3) is 0 Å². The maximum atomic E-state index is 10.3. The lowest BCUT2D eigenvalue weighted by Crippen LogP contribution is -2.33. The molecule has 0 bridgehead atoms. The van der Waals surface area contributed by atoms with Crippen LogP contribution in [0.15, 0.2) is 64.4 Å². The molecule has 4 nitrogen and oxygen atoms in total. The summed E-state index contributed by atoms with van der Waals surface area (Å²) in [6.45, 7) is 2.03. The third-order valence-electron chi connectivity index (χ3n) is 4.99. The minimum absolute atomic E-state index is 0.111. The lowest BCUT2D eigenvalue weighted by molar-refractivity contribution is -0.0187. The summed E-state index contributed by atoms with van der Waals surface area (Å²) in [5, 5.41) is 21.4. The summed E-state index contributed by atoms with van der Waals surface area (Å²) in [5.41, 5.74) is 5.06. The van der Waals surface area contributed by atoms with E-state index in [0.29, 0.717) is 0 Å². The number of aromatic hydroxyl groups is 1. The van der Waals surface area contributed by atoms with Gasteiger partial charge in [0.1, 0.15) is 11.5 Å². The Morgan fingerprint density at radius 2 is 2.08 bits per heavy atom. The van der Waals surface area contributed by atoms with E-state index in [9.17, 15) is 5.11 Å². The summed E-state index contributed by atoms with van der Waals surface area (Å²) >= 11 is 1.66. The predicted octanol–water partition coefficient (Wildman–Crippen LogP) is 5.00. The second-order valence-corrected chi connectivity index (χ2v) is 7.51. The molecule has 26 heavy (non-hydrogen) atoms. The number of aryl methyl sites for hydroxylation is 1. The molecular formula is C21H18N2O2S. The SMILES string of the molecule is Cc1ccc(O)c(C2=NN3[C@@H](C2)c2ccccc2O[C@H]3c2ccsc2)c1.